The molecule has 3 aromatic rings. The summed E-state index contributed by atoms with van der Waals surface area (Å²) in [6.45, 7) is 4.87. The molecule has 2 N–H and O–H groups in total. The molecule has 3 heterocycles. The van der Waals surface area contributed by atoms with Gasteiger partial charge < -0.3 is 15.5 Å². The number of fused-ring (bicyclic) bond motifs is 1. The zero-order chi connectivity index (χ0) is 21.3. The van der Waals surface area contributed by atoms with Gasteiger partial charge in [0.25, 0.3) is 0 Å². The molecule has 0 spiro atoms. The molecule has 0 fully saturated rings. The summed E-state index contributed by atoms with van der Waals surface area (Å²) < 4.78 is 1.82. The highest BCUT2D eigenvalue weighted by Crippen LogP contribution is 2.34. The Kier molecular flexibility index (Phi) is 5.11. The molecule has 1 atom stereocenters. The minimum absolute atomic E-state index is 0.0269. The van der Waals surface area contributed by atoms with Crippen molar-refractivity contribution in [2.24, 2.45) is 0 Å². The molecule has 1 amide bonds. The summed E-state index contributed by atoms with van der Waals surface area (Å²) in [5.41, 5.74) is 5.08. The molecule has 1 aliphatic rings. The van der Waals surface area contributed by atoms with Crippen LogP contribution < -0.4 is 15.5 Å². The lowest BCUT2D eigenvalue weighted by molar-refractivity contribution is -0.117. The number of likely N-dealkylation sites (N-methyl/N-ethyl adjacent to an activating group) is 1. The molecular weight excluding hydrogens is 378 g/mol. The van der Waals surface area contributed by atoms with Crippen molar-refractivity contribution in [3.63, 3.8) is 0 Å². The predicted molar refractivity (Wildman–Crippen MR) is 115 cm³/mol. The number of nitriles is 1. The first kappa shape index (κ1) is 19.5. The second kappa shape index (κ2) is 7.87. The first-order valence-corrected chi connectivity index (χ1v) is 9.75. The van der Waals surface area contributed by atoms with Crippen molar-refractivity contribution < 1.29 is 4.79 Å². The maximum absolute atomic E-state index is 12.1. The van der Waals surface area contributed by atoms with E-state index in [1.807, 2.05) is 73.2 Å². The fourth-order valence-electron chi connectivity index (χ4n) is 3.51. The lowest BCUT2D eigenvalue weighted by Gasteiger charge is -2.34. The van der Waals surface area contributed by atoms with Gasteiger partial charge in [-0.1, -0.05) is 18.2 Å². The summed E-state index contributed by atoms with van der Waals surface area (Å²) in [7, 11) is 1.91. The minimum atomic E-state index is -0.235. The molecule has 0 bridgehead atoms. The van der Waals surface area contributed by atoms with E-state index in [1.54, 1.807) is 0 Å². The van der Waals surface area contributed by atoms with Gasteiger partial charge in [0.1, 0.15) is 11.9 Å². The van der Waals surface area contributed by atoms with Crippen molar-refractivity contribution in [3.8, 4) is 6.07 Å². The molecule has 4 rings (SSSR count). The van der Waals surface area contributed by atoms with Gasteiger partial charge in [-0.2, -0.15) is 10.4 Å². The molecular formula is C22H23N7O. The van der Waals surface area contributed by atoms with E-state index in [0.29, 0.717) is 18.7 Å². The van der Waals surface area contributed by atoms with Crippen LogP contribution in [0.5, 0.6) is 0 Å². The molecule has 0 saturated heterocycles. The van der Waals surface area contributed by atoms with Crippen LogP contribution in [0.15, 0.2) is 42.7 Å². The Balaban J connectivity index is 1.47. The SMILES string of the molecule is Cc1nc(NCc2cnn(Cc3ccccc3C#N)c2)cc2c1NC(=O)[C@H](C)N2C. The maximum atomic E-state index is 12.1. The standard InChI is InChI=1S/C22H23N7O/c1-14-21-19(28(3)15(2)22(30)27-21)8-20(26-14)24-10-16-11-25-29(12-16)13-18-7-5-4-6-17(18)9-23/h4-8,11-12,15H,10,13H2,1-3H3,(H,24,26)(H,27,30)/t15-/m0/s1. The number of rotatable bonds is 5. The smallest absolute Gasteiger partial charge is 0.246 e. The summed E-state index contributed by atoms with van der Waals surface area (Å²) in [5.74, 6) is 0.713. The van der Waals surface area contributed by atoms with E-state index >= 15 is 0 Å². The van der Waals surface area contributed by atoms with E-state index in [0.717, 1.165) is 34.0 Å². The number of anilines is 3. The highest BCUT2D eigenvalue weighted by atomic mass is 16.2. The molecule has 2 aromatic heterocycles. The summed E-state index contributed by atoms with van der Waals surface area (Å²) in [5, 5.41) is 19.9. The number of hydrogen-bond donors (Lipinski definition) is 2. The van der Waals surface area contributed by atoms with E-state index in [4.69, 9.17) is 0 Å². The van der Waals surface area contributed by atoms with Gasteiger partial charge in [0.2, 0.25) is 5.91 Å². The molecule has 0 unspecified atom stereocenters. The number of nitrogens with zero attached hydrogens (tertiary/aromatic N) is 5. The minimum Gasteiger partial charge on any atom is -0.366 e. The summed E-state index contributed by atoms with van der Waals surface area (Å²) in [6, 6.07) is 11.5. The van der Waals surface area contributed by atoms with Crippen LogP contribution in [0.4, 0.5) is 17.2 Å². The third kappa shape index (κ3) is 3.70. The van der Waals surface area contributed by atoms with E-state index in [2.05, 4.69) is 26.8 Å². The third-order valence-corrected chi connectivity index (χ3v) is 5.40. The van der Waals surface area contributed by atoms with E-state index in [9.17, 15) is 10.1 Å². The van der Waals surface area contributed by atoms with Crippen LogP contribution in [0, 0.1) is 18.3 Å². The number of carbonyl (C=O) groups is 1. The number of aromatic nitrogens is 3. The molecule has 8 heteroatoms. The molecule has 152 valence electrons. The van der Waals surface area contributed by atoms with E-state index in [1.165, 1.54) is 0 Å². The number of carbonyl (C=O) groups excluding carboxylic acids is 1. The van der Waals surface area contributed by atoms with Crippen molar-refractivity contribution in [1.29, 1.82) is 5.26 Å². The Morgan fingerprint density at radius 1 is 1.33 bits per heavy atom. The largest absolute Gasteiger partial charge is 0.366 e. The zero-order valence-corrected chi connectivity index (χ0v) is 17.2. The van der Waals surface area contributed by atoms with E-state index < -0.39 is 0 Å². The first-order chi connectivity index (χ1) is 14.5. The molecule has 1 aliphatic heterocycles. The zero-order valence-electron chi connectivity index (χ0n) is 17.2. The summed E-state index contributed by atoms with van der Waals surface area (Å²) in [6.07, 6.45) is 3.77. The Labute approximate surface area is 175 Å². The van der Waals surface area contributed by atoms with E-state index in [-0.39, 0.29) is 11.9 Å². The van der Waals surface area contributed by atoms with Crippen molar-refractivity contribution in [3.05, 3.63) is 65.1 Å². The van der Waals surface area contributed by atoms with Crippen LogP contribution in [0.25, 0.3) is 0 Å². The number of amides is 1. The fraction of sp³-hybridized carbons (Fsp3) is 0.273. The molecule has 0 saturated carbocycles. The monoisotopic (exact) mass is 401 g/mol. The highest BCUT2D eigenvalue weighted by molar-refractivity contribution is 6.04. The molecule has 8 nitrogen and oxygen atoms in total. The molecule has 1 aromatic carbocycles. The Bertz CT molecular complexity index is 1140. The number of hydrogen-bond acceptors (Lipinski definition) is 6. The van der Waals surface area contributed by atoms with Crippen LogP contribution in [0.2, 0.25) is 0 Å². The molecule has 30 heavy (non-hydrogen) atoms. The van der Waals surface area contributed by atoms with Gasteiger partial charge >= 0.3 is 0 Å². The second-order valence-electron chi connectivity index (χ2n) is 7.43. The predicted octanol–water partition coefficient (Wildman–Crippen LogP) is 2.90. The topological polar surface area (TPSA) is 98.9 Å². The molecule has 0 radical (unpaired) electrons. The van der Waals surface area contributed by atoms with Crippen LogP contribution in [0.3, 0.4) is 0 Å². The number of nitrogens with one attached hydrogen (secondary N) is 2. The average molecular weight is 401 g/mol. The van der Waals surface area contributed by atoms with Crippen LogP contribution in [0.1, 0.15) is 29.3 Å². The van der Waals surface area contributed by atoms with Crippen molar-refractivity contribution in [2.45, 2.75) is 33.0 Å². The van der Waals surface area contributed by atoms with Crippen LogP contribution in [-0.2, 0) is 17.9 Å². The third-order valence-electron chi connectivity index (χ3n) is 5.40. The normalized spacial score (nSPS) is 15.3. The number of aryl methyl sites for hydroxylation is 1. The van der Waals surface area contributed by atoms with Gasteiger partial charge in [0.05, 0.1) is 41.4 Å². The average Bonchev–Trinajstić information content (AvgIpc) is 3.19. The van der Waals surface area contributed by atoms with Gasteiger partial charge in [-0.3, -0.25) is 9.48 Å². The van der Waals surface area contributed by atoms with Gasteiger partial charge in [-0.25, -0.2) is 4.98 Å². The van der Waals surface area contributed by atoms with Crippen LogP contribution in [-0.4, -0.2) is 33.8 Å². The number of benzene rings is 1. The summed E-state index contributed by atoms with van der Waals surface area (Å²) in [4.78, 5) is 18.6. The fourth-order valence-corrected chi connectivity index (χ4v) is 3.51. The Hall–Kier alpha value is -3.86. The Morgan fingerprint density at radius 2 is 2.13 bits per heavy atom. The molecule has 0 aliphatic carbocycles. The lowest BCUT2D eigenvalue weighted by Crippen LogP contribution is -2.44. The maximum Gasteiger partial charge on any atom is 0.246 e. The van der Waals surface area contributed by atoms with Crippen molar-refractivity contribution in [1.82, 2.24) is 14.8 Å². The van der Waals surface area contributed by atoms with Gasteiger partial charge in [0.15, 0.2) is 0 Å². The van der Waals surface area contributed by atoms with Crippen molar-refractivity contribution in [2.75, 3.05) is 22.6 Å². The first-order valence-electron chi connectivity index (χ1n) is 9.75. The second-order valence-corrected chi connectivity index (χ2v) is 7.43. The number of pyridine rings is 1. The van der Waals surface area contributed by atoms with Crippen molar-refractivity contribution >= 4 is 23.1 Å². The quantitative estimate of drug-likeness (QED) is 0.682. The van der Waals surface area contributed by atoms with Gasteiger partial charge in [0, 0.05) is 31.4 Å². The Morgan fingerprint density at radius 3 is 2.93 bits per heavy atom. The summed E-state index contributed by atoms with van der Waals surface area (Å²) >= 11 is 0. The van der Waals surface area contributed by atoms with Crippen LogP contribution >= 0.6 is 0 Å². The van der Waals surface area contributed by atoms with Gasteiger partial charge in [-0.15, -0.1) is 0 Å². The van der Waals surface area contributed by atoms with Gasteiger partial charge in [-0.05, 0) is 25.5 Å². The lowest BCUT2D eigenvalue weighted by atomic mass is 10.1. The highest BCUT2D eigenvalue weighted by Gasteiger charge is 2.28.